The van der Waals surface area contributed by atoms with E-state index in [2.05, 4.69) is 0 Å². The van der Waals surface area contributed by atoms with Gasteiger partial charge in [-0.3, -0.25) is 10.1 Å². The van der Waals surface area contributed by atoms with Crippen molar-refractivity contribution < 1.29 is 28.7 Å². The van der Waals surface area contributed by atoms with Gasteiger partial charge in [0.05, 0.1) is 31.8 Å². The summed E-state index contributed by atoms with van der Waals surface area (Å²) in [5.74, 6) is -0.809. The number of carbonyl (C=O) groups excluding carboxylic acids is 2. The second-order valence-corrected chi connectivity index (χ2v) is 7.81. The monoisotopic (exact) mass is 455 g/mol. The highest BCUT2D eigenvalue weighted by Gasteiger charge is 2.58. The average Bonchev–Trinajstić information content (AvgIpc) is 3.03. The molecule has 0 aromatic heterocycles. The van der Waals surface area contributed by atoms with Crippen LogP contribution in [0.25, 0.3) is 0 Å². The number of hydrogen-bond donors (Lipinski definition) is 0. The van der Waals surface area contributed by atoms with E-state index in [1.807, 2.05) is 17.0 Å². The third-order valence-electron chi connectivity index (χ3n) is 5.99. The number of esters is 2. The predicted octanol–water partition coefficient (Wildman–Crippen LogP) is 2.81. The molecule has 2 heterocycles. The Balaban J connectivity index is 1.99. The molecule has 2 aliphatic rings. The van der Waals surface area contributed by atoms with Crippen molar-refractivity contribution in [3.63, 3.8) is 0 Å². The minimum absolute atomic E-state index is 0.0352. The maximum atomic E-state index is 13.5. The first kappa shape index (κ1) is 22.4. The number of carbonyl (C=O) groups is 2. The molecule has 174 valence electrons. The van der Waals surface area contributed by atoms with Crippen molar-refractivity contribution in [1.29, 1.82) is 0 Å². The molecule has 10 heteroatoms. The molecular weight excluding hydrogens is 430 g/mol. The van der Waals surface area contributed by atoms with E-state index in [9.17, 15) is 19.7 Å². The number of nitro benzene ring substituents is 1. The van der Waals surface area contributed by atoms with E-state index in [-0.39, 0.29) is 38.5 Å². The molecule has 2 aromatic carbocycles. The van der Waals surface area contributed by atoms with Crippen LogP contribution in [0.15, 0.2) is 36.4 Å². The van der Waals surface area contributed by atoms with Crippen molar-refractivity contribution >= 4 is 29.0 Å². The topological polar surface area (TPSA) is 111 Å². The standard InChI is InChI=1S/C23H25N3O7/c1-4-32-21(27)23(22(28)33-5-2)14-24-12-15-10-17(26(29)30)6-8-20(15)25(23)13-16-11-18(31-3)7-9-19(16)24/h6-11H,4-5,12-14H2,1-3H3. The molecule has 33 heavy (non-hydrogen) atoms. The Morgan fingerprint density at radius 1 is 1.00 bits per heavy atom. The van der Waals surface area contributed by atoms with Gasteiger partial charge in [-0.15, -0.1) is 0 Å². The second-order valence-electron chi connectivity index (χ2n) is 7.81. The molecule has 2 aliphatic heterocycles. The smallest absolute Gasteiger partial charge is 0.345 e. The fourth-order valence-corrected chi connectivity index (χ4v) is 4.52. The first-order chi connectivity index (χ1) is 15.8. The minimum atomic E-state index is -1.79. The van der Waals surface area contributed by atoms with E-state index in [0.29, 0.717) is 17.0 Å². The third kappa shape index (κ3) is 3.61. The van der Waals surface area contributed by atoms with Gasteiger partial charge in [-0.1, -0.05) is 0 Å². The number of anilines is 2. The largest absolute Gasteiger partial charge is 0.497 e. The van der Waals surface area contributed by atoms with E-state index in [0.717, 1.165) is 11.3 Å². The lowest BCUT2D eigenvalue weighted by Crippen LogP contribution is -2.65. The van der Waals surface area contributed by atoms with Gasteiger partial charge in [-0.25, -0.2) is 9.59 Å². The summed E-state index contributed by atoms with van der Waals surface area (Å²) < 4.78 is 16.2. The van der Waals surface area contributed by atoms with E-state index >= 15 is 0 Å². The zero-order valence-corrected chi connectivity index (χ0v) is 18.7. The lowest BCUT2D eigenvalue weighted by Gasteiger charge is -2.39. The molecular formula is C23H25N3O7. The Kier molecular flexibility index (Phi) is 5.84. The first-order valence-corrected chi connectivity index (χ1v) is 10.7. The molecule has 0 fully saturated rings. The summed E-state index contributed by atoms with van der Waals surface area (Å²) in [4.78, 5) is 41.4. The van der Waals surface area contributed by atoms with Gasteiger partial charge in [-0.2, -0.15) is 0 Å². The molecule has 0 amide bonds. The van der Waals surface area contributed by atoms with Crippen molar-refractivity contribution in [2.45, 2.75) is 32.5 Å². The molecule has 4 rings (SSSR count). The summed E-state index contributed by atoms with van der Waals surface area (Å²) >= 11 is 0. The Bertz CT molecular complexity index is 1100. The van der Waals surface area contributed by atoms with E-state index in [1.165, 1.54) is 12.1 Å². The normalized spacial score (nSPS) is 15.6. The molecule has 0 N–H and O–H groups in total. The van der Waals surface area contributed by atoms with Crippen LogP contribution in [0.3, 0.4) is 0 Å². The predicted molar refractivity (Wildman–Crippen MR) is 119 cm³/mol. The number of benzene rings is 2. The lowest BCUT2D eigenvalue weighted by molar-refractivity contribution is -0.384. The zero-order valence-electron chi connectivity index (χ0n) is 18.7. The maximum absolute atomic E-state index is 13.5. The van der Waals surface area contributed by atoms with Gasteiger partial charge in [0.1, 0.15) is 5.75 Å². The highest BCUT2D eigenvalue weighted by Crippen LogP contribution is 2.44. The summed E-state index contributed by atoms with van der Waals surface area (Å²) in [5, 5.41) is 11.4. The van der Waals surface area contributed by atoms with Crippen molar-refractivity contribution in [2.75, 3.05) is 36.7 Å². The van der Waals surface area contributed by atoms with Crippen molar-refractivity contribution in [3.8, 4) is 5.75 Å². The molecule has 10 nitrogen and oxygen atoms in total. The van der Waals surface area contributed by atoms with E-state index in [1.54, 1.807) is 38.0 Å². The van der Waals surface area contributed by atoms with E-state index in [4.69, 9.17) is 14.2 Å². The second kappa shape index (κ2) is 8.61. The highest BCUT2D eigenvalue weighted by molar-refractivity contribution is 6.10. The number of nitrogens with zero attached hydrogens (tertiary/aromatic N) is 3. The summed E-state index contributed by atoms with van der Waals surface area (Å²) in [6, 6.07) is 9.95. The quantitative estimate of drug-likeness (QED) is 0.281. The van der Waals surface area contributed by atoms with Crippen LogP contribution in [-0.2, 0) is 32.2 Å². The Hall–Kier alpha value is -3.82. The molecule has 0 radical (unpaired) electrons. The number of methoxy groups -OCH3 is 1. The van der Waals surface area contributed by atoms with E-state index < -0.39 is 22.4 Å². The summed E-state index contributed by atoms with van der Waals surface area (Å²) in [6.45, 7) is 3.91. The fraction of sp³-hybridized carbons (Fsp3) is 0.391. The van der Waals surface area contributed by atoms with Gasteiger partial charge in [-0.05, 0) is 43.7 Å². The number of rotatable bonds is 6. The Labute approximate surface area is 190 Å². The number of non-ortho nitro benzene ring substituents is 1. The maximum Gasteiger partial charge on any atom is 0.345 e. The molecule has 0 atom stereocenters. The fourth-order valence-electron chi connectivity index (χ4n) is 4.52. The van der Waals surface area contributed by atoms with Crippen LogP contribution >= 0.6 is 0 Å². The van der Waals surface area contributed by atoms with Crippen LogP contribution in [-0.4, -0.2) is 49.3 Å². The van der Waals surface area contributed by atoms with Crippen LogP contribution in [0, 0.1) is 10.1 Å². The molecule has 0 unspecified atom stereocenters. The van der Waals surface area contributed by atoms with Gasteiger partial charge in [0.15, 0.2) is 0 Å². The summed E-state index contributed by atoms with van der Waals surface area (Å²) in [5.41, 5.74) is 0.949. The number of hydrogen-bond acceptors (Lipinski definition) is 9. The number of ether oxygens (including phenoxy) is 3. The van der Waals surface area contributed by atoms with Crippen molar-refractivity contribution in [3.05, 3.63) is 57.6 Å². The van der Waals surface area contributed by atoms with Crippen LogP contribution in [0.1, 0.15) is 25.0 Å². The van der Waals surface area contributed by atoms with Gasteiger partial charge < -0.3 is 24.0 Å². The molecule has 0 saturated heterocycles. The highest BCUT2D eigenvalue weighted by atomic mass is 16.6. The average molecular weight is 455 g/mol. The Morgan fingerprint density at radius 3 is 2.24 bits per heavy atom. The zero-order chi connectivity index (χ0) is 23.8. The third-order valence-corrected chi connectivity index (χ3v) is 5.99. The molecule has 0 spiro atoms. The van der Waals surface area contributed by atoms with Crippen LogP contribution < -0.4 is 14.5 Å². The van der Waals surface area contributed by atoms with Crippen molar-refractivity contribution in [2.24, 2.45) is 0 Å². The molecule has 0 saturated carbocycles. The SMILES string of the molecule is CCOC(=O)C1(C(=O)OCC)CN2Cc3cc([N+](=O)[O-])ccc3N1Cc1cc(OC)ccc12. The summed E-state index contributed by atoms with van der Waals surface area (Å²) in [7, 11) is 1.57. The lowest BCUT2D eigenvalue weighted by atomic mass is 9.95. The van der Waals surface area contributed by atoms with Gasteiger partial charge in [0, 0.05) is 42.2 Å². The van der Waals surface area contributed by atoms with Gasteiger partial charge in [0.25, 0.3) is 11.2 Å². The minimum Gasteiger partial charge on any atom is -0.497 e. The van der Waals surface area contributed by atoms with Crippen LogP contribution in [0.2, 0.25) is 0 Å². The molecule has 2 bridgehead atoms. The van der Waals surface area contributed by atoms with Crippen LogP contribution in [0.5, 0.6) is 5.75 Å². The molecule has 2 aromatic rings. The number of fused-ring (bicyclic) bond motifs is 7. The van der Waals surface area contributed by atoms with Gasteiger partial charge in [0.2, 0.25) is 0 Å². The summed E-state index contributed by atoms with van der Waals surface area (Å²) in [6.07, 6.45) is 0. The van der Waals surface area contributed by atoms with Crippen LogP contribution in [0.4, 0.5) is 17.1 Å². The van der Waals surface area contributed by atoms with Crippen molar-refractivity contribution in [1.82, 2.24) is 0 Å². The first-order valence-electron chi connectivity index (χ1n) is 10.7. The Morgan fingerprint density at radius 2 is 1.64 bits per heavy atom. The van der Waals surface area contributed by atoms with Gasteiger partial charge >= 0.3 is 11.9 Å². The molecule has 0 aliphatic carbocycles. The number of nitro groups is 1.